The van der Waals surface area contributed by atoms with Crippen LogP contribution in [0.25, 0.3) is 11.2 Å². The van der Waals surface area contributed by atoms with Crippen LogP contribution in [0.5, 0.6) is 0 Å². The van der Waals surface area contributed by atoms with Gasteiger partial charge in [-0.3, -0.25) is 4.98 Å². The minimum Gasteiger partial charge on any atom is -0.391 e. The molecule has 0 amide bonds. The van der Waals surface area contributed by atoms with E-state index in [0.29, 0.717) is 18.3 Å². The molecule has 0 saturated carbocycles. The topological polar surface area (TPSA) is 101 Å². The maximum absolute atomic E-state index is 9.95. The van der Waals surface area contributed by atoms with Crippen molar-refractivity contribution in [3.05, 3.63) is 36.4 Å². The van der Waals surface area contributed by atoms with Gasteiger partial charge in [0.05, 0.1) is 30.7 Å². The van der Waals surface area contributed by atoms with E-state index in [-0.39, 0.29) is 12.1 Å². The van der Waals surface area contributed by atoms with E-state index in [9.17, 15) is 5.11 Å². The summed E-state index contributed by atoms with van der Waals surface area (Å²) in [6.45, 7) is 8.48. The summed E-state index contributed by atoms with van der Waals surface area (Å²) >= 11 is 0. The molecular weight excluding hydrogens is 342 g/mol. The molecule has 0 unspecified atom stereocenters. The number of fused-ring (bicyclic) bond motifs is 1. The van der Waals surface area contributed by atoms with Gasteiger partial charge in [-0.05, 0) is 39.3 Å². The maximum Gasteiger partial charge on any atom is 0.227 e. The molecule has 0 aliphatic carbocycles. The van der Waals surface area contributed by atoms with Gasteiger partial charge >= 0.3 is 0 Å². The highest BCUT2D eigenvalue weighted by molar-refractivity contribution is 5.84. The fraction of sp³-hybridized carbons (Fsp3) is 0.474. The Hall–Kier alpha value is -2.74. The van der Waals surface area contributed by atoms with Gasteiger partial charge in [-0.1, -0.05) is 13.0 Å². The largest absolute Gasteiger partial charge is 0.391 e. The van der Waals surface area contributed by atoms with Crippen LogP contribution in [0.4, 0.5) is 11.8 Å². The number of rotatable bonds is 8. The van der Waals surface area contributed by atoms with E-state index in [1.54, 1.807) is 19.4 Å². The minimum absolute atomic E-state index is 0.124. The molecular formula is C19H27N7O. The highest BCUT2D eigenvalue weighted by Crippen LogP contribution is 2.24. The second-order valence-electron chi connectivity index (χ2n) is 6.89. The van der Waals surface area contributed by atoms with Crippen molar-refractivity contribution in [2.24, 2.45) is 0 Å². The number of hydrogen-bond acceptors (Lipinski definition) is 7. The monoisotopic (exact) mass is 369 g/mol. The van der Waals surface area contributed by atoms with Crippen LogP contribution in [0.3, 0.4) is 0 Å². The Bertz CT molecular complexity index is 876. The molecule has 0 aliphatic heterocycles. The van der Waals surface area contributed by atoms with Crippen LogP contribution in [0.15, 0.2) is 30.7 Å². The summed E-state index contributed by atoms with van der Waals surface area (Å²) in [5.41, 5.74) is 2.39. The van der Waals surface area contributed by atoms with E-state index in [1.807, 2.05) is 29.7 Å². The van der Waals surface area contributed by atoms with E-state index < -0.39 is 6.10 Å². The molecule has 3 heterocycles. The van der Waals surface area contributed by atoms with Gasteiger partial charge in [0.1, 0.15) is 0 Å². The quantitative estimate of drug-likeness (QED) is 0.561. The number of imidazole rings is 1. The number of anilines is 2. The Kier molecular flexibility index (Phi) is 5.85. The molecule has 0 spiro atoms. The lowest BCUT2D eigenvalue weighted by Gasteiger charge is -2.20. The second-order valence-corrected chi connectivity index (χ2v) is 6.89. The Labute approximate surface area is 159 Å². The molecule has 0 saturated heterocycles. The van der Waals surface area contributed by atoms with E-state index in [2.05, 4.69) is 44.4 Å². The summed E-state index contributed by atoms with van der Waals surface area (Å²) in [6, 6.07) is 5.90. The molecule has 0 fully saturated rings. The van der Waals surface area contributed by atoms with Crippen molar-refractivity contribution in [2.75, 3.05) is 10.6 Å². The molecule has 0 bridgehead atoms. The molecule has 27 heavy (non-hydrogen) atoms. The van der Waals surface area contributed by atoms with Gasteiger partial charge < -0.3 is 20.3 Å². The number of aromatic nitrogens is 5. The van der Waals surface area contributed by atoms with Crippen molar-refractivity contribution in [3.8, 4) is 0 Å². The van der Waals surface area contributed by atoms with Crippen LogP contribution in [0.2, 0.25) is 0 Å². The first kappa shape index (κ1) is 19.0. The fourth-order valence-corrected chi connectivity index (χ4v) is 2.89. The number of aliphatic hydroxyl groups excluding tert-OH is 1. The molecule has 0 aliphatic rings. The number of pyridine rings is 1. The Morgan fingerprint density at radius 2 is 1.96 bits per heavy atom. The maximum atomic E-state index is 9.95. The van der Waals surface area contributed by atoms with Crippen LogP contribution < -0.4 is 10.6 Å². The highest BCUT2D eigenvalue weighted by atomic mass is 16.3. The van der Waals surface area contributed by atoms with E-state index in [1.165, 1.54) is 0 Å². The first-order valence-corrected chi connectivity index (χ1v) is 9.32. The van der Waals surface area contributed by atoms with E-state index in [0.717, 1.165) is 23.3 Å². The van der Waals surface area contributed by atoms with Crippen molar-refractivity contribution in [1.29, 1.82) is 0 Å². The first-order valence-electron chi connectivity index (χ1n) is 9.32. The average molecular weight is 369 g/mol. The van der Waals surface area contributed by atoms with Gasteiger partial charge in [0.2, 0.25) is 5.95 Å². The van der Waals surface area contributed by atoms with Crippen LogP contribution in [-0.2, 0) is 6.54 Å². The minimum atomic E-state index is -0.505. The second kappa shape index (κ2) is 8.30. The zero-order chi connectivity index (χ0) is 19.4. The third kappa shape index (κ3) is 4.33. The van der Waals surface area contributed by atoms with Gasteiger partial charge in [0.15, 0.2) is 17.0 Å². The predicted octanol–water partition coefficient (Wildman–Crippen LogP) is 2.99. The summed E-state index contributed by atoms with van der Waals surface area (Å²) in [7, 11) is 0. The third-order valence-electron chi connectivity index (χ3n) is 4.48. The van der Waals surface area contributed by atoms with Crippen molar-refractivity contribution in [1.82, 2.24) is 24.5 Å². The SMILES string of the molecule is CC[C@H](Nc1nc(NCc2ccccn2)c2ncn(C(C)C)c2n1)[C@@H](C)O. The molecule has 3 N–H and O–H groups in total. The molecule has 8 nitrogen and oxygen atoms in total. The van der Waals surface area contributed by atoms with Crippen LogP contribution in [-0.4, -0.2) is 41.8 Å². The molecule has 3 rings (SSSR count). The van der Waals surface area contributed by atoms with Crippen LogP contribution in [0.1, 0.15) is 45.9 Å². The predicted molar refractivity (Wildman–Crippen MR) is 107 cm³/mol. The smallest absolute Gasteiger partial charge is 0.227 e. The zero-order valence-corrected chi connectivity index (χ0v) is 16.2. The molecule has 3 aromatic rings. The van der Waals surface area contributed by atoms with Crippen LogP contribution >= 0.6 is 0 Å². The summed E-state index contributed by atoms with van der Waals surface area (Å²) in [4.78, 5) is 18.1. The number of nitrogens with zero attached hydrogens (tertiary/aromatic N) is 5. The van der Waals surface area contributed by atoms with Crippen molar-refractivity contribution < 1.29 is 5.11 Å². The third-order valence-corrected chi connectivity index (χ3v) is 4.48. The van der Waals surface area contributed by atoms with Crippen molar-refractivity contribution >= 4 is 22.9 Å². The van der Waals surface area contributed by atoms with Gasteiger partial charge in [0, 0.05) is 12.2 Å². The Balaban J connectivity index is 1.96. The Morgan fingerprint density at radius 1 is 1.15 bits per heavy atom. The molecule has 0 aromatic carbocycles. The lowest BCUT2D eigenvalue weighted by atomic mass is 10.1. The lowest BCUT2D eigenvalue weighted by molar-refractivity contribution is 0.169. The van der Waals surface area contributed by atoms with Crippen molar-refractivity contribution in [3.63, 3.8) is 0 Å². The normalized spacial score (nSPS) is 13.7. The Morgan fingerprint density at radius 3 is 2.59 bits per heavy atom. The summed E-state index contributed by atoms with van der Waals surface area (Å²) in [6.07, 6.45) is 3.81. The van der Waals surface area contributed by atoms with Crippen LogP contribution in [0, 0.1) is 0 Å². The summed E-state index contributed by atoms with van der Waals surface area (Å²) < 4.78 is 2.01. The summed E-state index contributed by atoms with van der Waals surface area (Å²) in [5.74, 6) is 1.12. The molecule has 0 radical (unpaired) electrons. The van der Waals surface area contributed by atoms with E-state index >= 15 is 0 Å². The molecule has 144 valence electrons. The van der Waals surface area contributed by atoms with Gasteiger partial charge in [-0.15, -0.1) is 0 Å². The van der Waals surface area contributed by atoms with Gasteiger partial charge in [-0.25, -0.2) is 4.98 Å². The zero-order valence-electron chi connectivity index (χ0n) is 16.2. The first-order chi connectivity index (χ1) is 13.0. The molecule has 2 atom stereocenters. The van der Waals surface area contributed by atoms with Crippen molar-refractivity contribution in [2.45, 2.75) is 58.8 Å². The van der Waals surface area contributed by atoms with Gasteiger partial charge in [0.25, 0.3) is 0 Å². The standard InChI is InChI=1S/C19H27N7O/c1-5-15(13(4)27)23-19-24-17(21-10-14-8-6-7-9-20-14)16-18(25-19)26(11-22-16)12(2)3/h6-9,11-13,15,27H,5,10H2,1-4H3,(H2,21,23,24,25)/t13-,15+/m1/s1. The highest BCUT2D eigenvalue weighted by Gasteiger charge is 2.18. The average Bonchev–Trinajstić information content (AvgIpc) is 3.09. The summed E-state index contributed by atoms with van der Waals surface area (Å²) in [5, 5.41) is 16.5. The molecule has 8 heteroatoms. The van der Waals surface area contributed by atoms with E-state index in [4.69, 9.17) is 0 Å². The fourth-order valence-electron chi connectivity index (χ4n) is 2.89. The molecule has 3 aromatic heterocycles. The number of nitrogens with one attached hydrogen (secondary N) is 2. The number of hydrogen-bond donors (Lipinski definition) is 3. The number of aliphatic hydroxyl groups is 1. The lowest BCUT2D eigenvalue weighted by Crippen LogP contribution is -2.31. The van der Waals surface area contributed by atoms with Gasteiger partial charge in [-0.2, -0.15) is 9.97 Å².